The zero-order valence-corrected chi connectivity index (χ0v) is 22.8. The maximum absolute atomic E-state index is 13.7. The van der Waals surface area contributed by atoms with E-state index in [-0.39, 0.29) is 29.3 Å². The lowest BCUT2D eigenvalue weighted by Crippen LogP contribution is -2.40. The summed E-state index contributed by atoms with van der Waals surface area (Å²) in [6, 6.07) is 15.3. The number of aromatic nitrogens is 5. The highest BCUT2D eigenvalue weighted by Gasteiger charge is 2.26. The molecule has 0 radical (unpaired) electrons. The van der Waals surface area contributed by atoms with Gasteiger partial charge in [-0.05, 0) is 39.0 Å². The quantitative estimate of drug-likeness (QED) is 0.313. The molecule has 2 aromatic carbocycles. The highest BCUT2D eigenvalue weighted by molar-refractivity contribution is 6.35. The number of aryl methyl sites for hydroxylation is 2. The number of imidazole rings is 1. The van der Waals surface area contributed by atoms with Crippen molar-refractivity contribution in [1.29, 1.82) is 0 Å². The van der Waals surface area contributed by atoms with Gasteiger partial charge in [0.1, 0.15) is 5.60 Å². The van der Waals surface area contributed by atoms with Crippen LogP contribution in [-0.2, 0) is 25.4 Å². The van der Waals surface area contributed by atoms with Gasteiger partial charge in [0.05, 0.1) is 17.8 Å². The van der Waals surface area contributed by atoms with Gasteiger partial charge in [0.25, 0.3) is 5.56 Å². The predicted octanol–water partition coefficient (Wildman–Crippen LogP) is 4.10. The first-order chi connectivity index (χ1) is 18.4. The Morgan fingerprint density at radius 2 is 1.67 bits per heavy atom. The predicted molar refractivity (Wildman–Crippen MR) is 148 cm³/mol. The summed E-state index contributed by atoms with van der Waals surface area (Å²) in [5.74, 6) is -0.358. The van der Waals surface area contributed by atoms with Gasteiger partial charge in [-0.1, -0.05) is 48.0 Å². The first-order valence-corrected chi connectivity index (χ1v) is 12.5. The number of benzene rings is 2. The lowest BCUT2D eigenvalue weighted by molar-refractivity contribution is 0.0539. The van der Waals surface area contributed by atoms with Crippen LogP contribution >= 0.6 is 11.6 Å². The van der Waals surface area contributed by atoms with E-state index in [0.29, 0.717) is 27.2 Å². The summed E-state index contributed by atoms with van der Waals surface area (Å²) in [5.41, 5.74) is -0.722. The fraction of sp³-hybridized carbons (Fsp3) is 0.250. The summed E-state index contributed by atoms with van der Waals surface area (Å²) >= 11 is 6.41. The molecule has 0 aliphatic rings. The Bertz CT molecular complexity index is 1900. The van der Waals surface area contributed by atoms with Crippen LogP contribution in [0.25, 0.3) is 22.1 Å². The third kappa shape index (κ3) is 4.46. The molecule has 39 heavy (non-hydrogen) atoms. The number of hydrogen-bond acceptors (Lipinski definition) is 6. The van der Waals surface area contributed by atoms with Gasteiger partial charge in [-0.3, -0.25) is 18.7 Å². The third-order valence-electron chi connectivity index (χ3n) is 6.36. The molecule has 0 aliphatic carbocycles. The average molecular weight is 548 g/mol. The number of carbonyl (C=O) groups is 2. The van der Waals surface area contributed by atoms with E-state index in [9.17, 15) is 19.2 Å². The van der Waals surface area contributed by atoms with E-state index in [1.807, 2.05) is 0 Å². The summed E-state index contributed by atoms with van der Waals surface area (Å²) in [5, 5.41) is 0.977. The number of fused-ring (bicyclic) bond motifs is 2. The minimum absolute atomic E-state index is 0.0238. The molecule has 5 rings (SSSR count). The van der Waals surface area contributed by atoms with Crippen LogP contribution in [0, 0.1) is 0 Å². The van der Waals surface area contributed by atoms with Crippen molar-refractivity contribution < 1.29 is 14.3 Å². The number of ketones is 1. The summed E-state index contributed by atoms with van der Waals surface area (Å²) in [6.45, 7) is 4.98. The average Bonchev–Trinajstić information content (AvgIpc) is 3.43. The first kappa shape index (κ1) is 26.2. The summed E-state index contributed by atoms with van der Waals surface area (Å²) in [4.78, 5) is 57.9. The van der Waals surface area contributed by atoms with E-state index < -0.39 is 22.9 Å². The molecule has 0 aliphatic heterocycles. The van der Waals surface area contributed by atoms with E-state index in [1.165, 1.54) is 20.7 Å². The third-order valence-corrected chi connectivity index (χ3v) is 6.69. The molecule has 0 spiro atoms. The molecule has 3 heterocycles. The maximum Gasteiger partial charge on any atom is 0.419 e. The van der Waals surface area contributed by atoms with E-state index >= 15 is 0 Å². The molecule has 0 bridgehead atoms. The zero-order valence-electron chi connectivity index (χ0n) is 22.1. The fourth-order valence-corrected chi connectivity index (χ4v) is 4.78. The van der Waals surface area contributed by atoms with Gasteiger partial charge < -0.3 is 9.30 Å². The maximum atomic E-state index is 13.7. The smallest absolute Gasteiger partial charge is 0.419 e. The van der Waals surface area contributed by atoms with Crippen molar-refractivity contribution in [3.05, 3.63) is 97.5 Å². The van der Waals surface area contributed by atoms with Gasteiger partial charge in [-0.2, -0.15) is 0 Å². The Kier molecular flexibility index (Phi) is 6.30. The zero-order chi connectivity index (χ0) is 28.2. The Balaban J connectivity index is 1.69. The molecule has 5 aromatic rings. The van der Waals surface area contributed by atoms with Crippen molar-refractivity contribution >= 4 is 45.5 Å². The number of hydrogen-bond donors (Lipinski definition) is 0. The summed E-state index contributed by atoms with van der Waals surface area (Å²) in [6.07, 6.45) is -0.669. The molecule has 0 amide bonds. The second-order valence-electron chi connectivity index (χ2n) is 10.2. The topological polar surface area (TPSA) is 110 Å². The standard InChI is InChI=1S/C28H26ClN5O5/c1-28(2,3)39-27(38)34-17(14-18-19(29)12-9-13-20(18)34)15-33-25(36)21-23(32(5)26(33)37)30-24(31(21)4)22(35)16-10-7-6-8-11-16/h6-14H,15H2,1-5H3. The van der Waals surface area contributed by atoms with Crippen molar-refractivity contribution in [3.8, 4) is 0 Å². The number of halogens is 1. The number of ether oxygens (including phenoxy) is 1. The SMILES string of the molecule is Cn1c(C(=O)c2ccccc2)nc2c1c(=O)n(Cc1cc3c(Cl)cccc3n1C(=O)OC(C)(C)C)c(=O)n2C. The van der Waals surface area contributed by atoms with Crippen LogP contribution in [-0.4, -0.2) is 40.7 Å². The normalized spacial score (nSPS) is 11.8. The van der Waals surface area contributed by atoms with E-state index in [1.54, 1.807) is 82.4 Å². The Labute approximate surface area is 227 Å². The number of rotatable bonds is 4. The minimum Gasteiger partial charge on any atom is -0.443 e. The molecular weight excluding hydrogens is 522 g/mol. The van der Waals surface area contributed by atoms with Gasteiger partial charge in [0, 0.05) is 30.1 Å². The highest BCUT2D eigenvalue weighted by atomic mass is 35.5. The van der Waals surface area contributed by atoms with Crippen molar-refractivity contribution in [3.63, 3.8) is 0 Å². The van der Waals surface area contributed by atoms with Crippen molar-refractivity contribution in [2.75, 3.05) is 0 Å². The van der Waals surface area contributed by atoms with Crippen molar-refractivity contribution in [2.45, 2.75) is 32.9 Å². The van der Waals surface area contributed by atoms with E-state index in [4.69, 9.17) is 16.3 Å². The van der Waals surface area contributed by atoms with Gasteiger partial charge >= 0.3 is 11.8 Å². The molecule has 11 heteroatoms. The van der Waals surface area contributed by atoms with E-state index in [2.05, 4.69) is 4.98 Å². The summed E-state index contributed by atoms with van der Waals surface area (Å²) in [7, 11) is 3.03. The Hall–Kier alpha value is -4.44. The Morgan fingerprint density at radius 1 is 0.974 bits per heavy atom. The molecular formula is C28H26ClN5O5. The molecule has 0 saturated carbocycles. The van der Waals surface area contributed by atoms with Crippen LogP contribution in [0.2, 0.25) is 5.02 Å². The number of carbonyl (C=O) groups excluding carboxylic acids is 2. The van der Waals surface area contributed by atoms with E-state index in [0.717, 1.165) is 4.57 Å². The van der Waals surface area contributed by atoms with Crippen LogP contribution < -0.4 is 11.2 Å². The van der Waals surface area contributed by atoms with Crippen molar-refractivity contribution in [2.24, 2.45) is 14.1 Å². The van der Waals surface area contributed by atoms with Crippen LogP contribution in [0.4, 0.5) is 4.79 Å². The van der Waals surface area contributed by atoms with Gasteiger partial charge in [-0.15, -0.1) is 0 Å². The Morgan fingerprint density at radius 3 is 2.33 bits per heavy atom. The second-order valence-corrected chi connectivity index (χ2v) is 10.6. The molecule has 0 atom stereocenters. The largest absolute Gasteiger partial charge is 0.443 e. The lowest BCUT2D eigenvalue weighted by atomic mass is 10.1. The van der Waals surface area contributed by atoms with Gasteiger partial charge in [-0.25, -0.2) is 19.1 Å². The molecule has 3 aromatic heterocycles. The molecule has 0 fully saturated rings. The lowest BCUT2D eigenvalue weighted by Gasteiger charge is -2.21. The van der Waals surface area contributed by atoms with Crippen LogP contribution in [0.5, 0.6) is 0 Å². The highest BCUT2D eigenvalue weighted by Crippen LogP contribution is 2.28. The van der Waals surface area contributed by atoms with Gasteiger partial charge in [0.2, 0.25) is 5.78 Å². The van der Waals surface area contributed by atoms with Crippen LogP contribution in [0.1, 0.15) is 42.6 Å². The molecule has 0 unspecified atom stereocenters. The second kappa shape index (κ2) is 9.39. The summed E-state index contributed by atoms with van der Waals surface area (Å²) < 4.78 is 10.5. The molecule has 200 valence electrons. The molecule has 0 N–H and O–H groups in total. The number of nitrogens with zero attached hydrogens (tertiary/aromatic N) is 5. The molecule has 0 saturated heterocycles. The fourth-order valence-electron chi connectivity index (χ4n) is 4.56. The monoisotopic (exact) mass is 547 g/mol. The minimum atomic E-state index is -0.786. The van der Waals surface area contributed by atoms with Crippen LogP contribution in [0.15, 0.2) is 64.2 Å². The van der Waals surface area contributed by atoms with Crippen molar-refractivity contribution in [1.82, 2.24) is 23.3 Å². The molecule has 10 nitrogen and oxygen atoms in total. The first-order valence-electron chi connectivity index (χ1n) is 12.2. The van der Waals surface area contributed by atoms with Crippen LogP contribution in [0.3, 0.4) is 0 Å². The van der Waals surface area contributed by atoms with Gasteiger partial charge in [0.15, 0.2) is 17.0 Å².